The Hall–Kier alpha value is -0.860. The zero-order chi connectivity index (χ0) is 13.7. The van der Waals surface area contributed by atoms with Gasteiger partial charge in [-0.2, -0.15) is 0 Å². The van der Waals surface area contributed by atoms with Crippen molar-refractivity contribution < 1.29 is 0 Å². The summed E-state index contributed by atoms with van der Waals surface area (Å²) >= 11 is 0. The van der Waals surface area contributed by atoms with Crippen molar-refractivity contribution in [1.82, 2.24) is 4.90 Å². The van der Waals surface area contributed by atoms with Gasteiger partial charge in [0.25, 0.3) is 0 Å². The lowest BCUT2D eigenvalue weighted by Gasteiger charge is -2.41. The second-order valence-corrected chi connectivity index (χ2v) is 7.28. The minimum absolute atomic E-state index is 0.408. The molecule has 2 bridgehead atoms. The number of hydrogen-bond donors (Lipinski definition) is 1. The predicted octanol–water partition coefficient (Wildman–Crippen LogP) is 2.92. The Balaban J connectivity index is 1.39. The van der Waals surface area contributed by atoms with Gasteiger partial charge in [0.15, 0.2) is 0 Å². The van der Waals surface area contributed by atoms with Gasteiger partial charge in [0.05, 0.1) is 0 Å². The Labute approximate surface area is 122 Å². The minimum atomic E-state index is 0.408. The van der Waals surface area contributed by atoms with E-state index in [1.54, 1.807) is 11.1 Å². The molecule has 4 atom stereocenters. The third kappa shape index (κ3) is 2.01. The summed E-state index contributed by atoms with van der Waals surface area (Å²) in [5.41, 5.74) is 9.71. The molecule has 2 saturated heterocycles. The molecule has 0 radical (unpaired) electrons. The molecule has 2 aliphatic heterocycles. The van der Waals surface area contributed by atoms with Crippen LogP contribution in [0.25, 0.3) is 0 Å². The van der Waals surface area contributed by atoms with Gasteiger partial charge in [0.2, 0.25) is 0 Å². The van der Waals surface area contributed by atoms with Crippen LogP contribution in [0.3, 0.4) is 0 Å². The van der Waals surface area contributed by atoms with Gasteiger partial charge in [-0.05, 0) is 68.5 Å². The summed E-state index contributed by atoms with van der Waals surface area (Å²) < 4.78 is 0. The van der Waals surface area contributed by atoms with E-state index in [1.807, 2.05) is 0 Å². The Kier molecular flexibility index (Phi) is 3.12. The first-order valence-corrected chi connectivity index (χ1v) is 8.27. The fraction of sp³-hybridized carbons (Fsp3) is 0.667. The van der Waals surface area contributed by atoms with Gasteiger partial charge in [0.1, 0.15) is 0 Å². The first-order chi connectivity index (χ1) is 9.72. The van der Waals surface area contributed by atoms with Crippen LogP contribution in [0.1, 0.15) is 49.1 Å². The first-order valence-electron chi connectivity index (χ1n) is 8.27. The molecule has 20 heavy (non-hydrogen) atoms. The van der Waals surface area contributed by atoms with Gasteiger partial charge in [-0.3, -0.25) is 0 Å². The van der Waals surface area contributed by atoms with Crippen LogP contribution in [0.15, 0.2) is 24.3 Å². The average Bonchev–Trinajstić information content (AvgIpc) is 2.66. The Morgan fingerprint density at radius 3 is 2.60 bits per heavy atom. The SMILES string of the molecule is CN1C2CCC1CC(C(N)CC1Cc3ccccc31)C2. The molecule has 2 heteroatoms. The van der Waals surface area contributed by atoms with E-state index in [4.69, 9.17) is 5.73 Å². The highest BCUT2D eigenvalue weighted by Gasteiger charge is 2.41. The Morgan fingerprint density at radius 1 is 1.20 bits per heavy atom. The fourth-order valence-electron chi connectivity index (χ4n) is 4.90. The van der Waals surface area contributed by atoms with E-state index in [1.165, 1.54) is 38.5 Å². The van der Waals surface area contributed by atoms with Crippen LogP contribution in [0.5, 0.6) is 0 Å². The number of benzene rings is 1. The second-order valence-electron chi connectivity index (χ2n) is 7.28. The Bertz CT molecular complexity index is 484. The standard InChI is InChI=1S/C18H26N2/c1-20-15-6-7-16(20)10-14(9-15)18(19)11-13-8-12-4-2-3-5-17(12)13/h2-5,13-16,18H,6-11,19H2,1H3. The molecule has 1 aliphatic carbocycles. The smallest absolute Gasteiger partial charge is 0.00989 e. The van der Waals surface area contributed by atoms with Crippen molar-refractivity contribution in [3.63, 3.8) is 0 Å². The molecule has 0 saturated carbocycles. The number of nitrogens with two attached hydrogens (primary N) is 1. The van der Waals surface area contributed by atoms with Crippen LogP contribution in [-0.4, -0.2) is 30.1 Å². The highest BCUT2D eigenvalue weighted by Crippen LogP contribution is 2.42. The van der Waals surface area contributed by atoms with Crippen LogP contribution >= 0.6 is 0 Å². The van der Waals surface area contributed by atoms with Gasteiger partial charge in [-0.25, -0.2) is 0 Å². The highest BCUT2D eigenvalue weighted by atomic mass is 15.2. The summed E-state index contributed by atoms with van der Waals surface area (Å²) in [6.45, 7) is 0. The van der Waals surface area contributed by atoms with Gasteiger partial charge in [0, 0.05) is 18.1 Å². The van der Waals surface area contributed by atoms with Crippen molar-refractivity contribution in [1.29, 1.82) is 0 Å². The highest BCUT2D eigenvalue weighted by molar-refractivity contribution is 5.39. The predicted molar refractivity (Wildman–Crippen MR) is 82.8 cm³/mol. The van der Waals surface area contributed by atoms with Crippen LogP contribution in [-0.2, 0) is 6.42 Å². The summed E-state index contributed by atoms with van der Waals surface area (Å²) in [5, 5.41) is 0. The van der Waals surface area contributed by atoms with Gasteiger partial charge in [-0.15, -0.1) is 0 Å². The molecule has 2 heterocycles. The summed E-state index contributed by atoms with van der Waals surface area (Å²) in [5.74, 6) is 1.50. The molecular weight excluding hydrogens is 244 g/mol. The molecule has 0 spiro atoms. The van der Waals surface area contributed by atoms with Crippen LogP contribution < -0.4 is 5.73 Å². The van der Waals surface area contributed by atoms with E-state index in [0.29, 0.717) is 6.04 Å². The minimum Gasteiger partial charge on any atom is -0.327 e. The molecule has 0 amide bonds. The molecule has 3 aliphatic rings. The number of nitrogens with zero attached hydrogens (tertiary/aromatic N) is 1. The van der Waals surface area contributed by atoms with Gasteiger partial charge >= 0.3 is 0 Å². The topological polar surface area (TPSA) is 29.3 Å². The molecule has 108 valence electrons. The molecule has 0 aromatic heterocycles. The van der Waals surface area contributed by atoms with Crippen molar-refractivity contribution in [3.05, 3.63) is 35.4 Å². The van der Waals surface area contributed by atoms with Crippen molar-refractivity contribution in [2.45, 2.75) is 62.6 Å². The third-order valence-corrected chi connectivity index (χ3v) is 6.26. The fourth-order valence-corrected chi connectivity index (χ4v) is 4.90. The molecule has 2 nitrogen and oxygen atoms in total. The average molecular weight is 270 g/mol. The maximum Gasteiger partial charge on any atom is 0.00989 e. The normalized spacial score (nSPS) is 37.3. The molecule has 2 fully saturated rings. The van der Waals surface area contributed by atoms with Crippen LogP contribution in [0.2, 0.25) is 0 Å². The number of piperidine rings is 1. The number of fused-ring (bicyclic) bond motifs is 3. The van der Waals surface area contributed by atoms with E-state index < -0.39 is 0 Å². The van der Waals surface area contributed by atoms with Crippen molar-refractivity contribution in [2.24, 2.45) is 11.7 Å². The maximum atomic E-state index is 6.60. The zero-order valence-corrected chi connectivity index (χ0v) is 12.5. The largest absolute Gasteiger partial charge is 0.327 e. The second kappa shape index (κ2) is 4.85. The van der Waals surface area contributed by atoms with Crippen molar-refractivity contribution in [3.8, 4) is 0 Å². The molecular formula is C18H26N2. The quantitative estimate of drug-likeness (QED) is 0.915. The van der Waals surface area contributed by atoms with E-state index in [0.717, 1.165) is 23.9 Å². The lowest BCUT2D eigenvalue weighted by atomic mass is 9.72. The molecule has 4 rings (SSSR count). The van der Waals surface area contributed by atoms with E-state index in [9.17, 15) is 0 Å². The van der Waals surface area contributed by atoms with Crippen LogP contribution in [0, 0.1) is 5.92 Å². The van der Waals surface area contributed by atoms with E-state index in [-0.39, 0.29) is 0 Å². The molecule has 1 aromatic carbocycles. The van der Waals surface area contributed by atoms with Crippen molar-refractivity contribution >= 4 is 0 Å². The molecule has 1 aromatic rings. The van der Waals surface area contributed by atoms with Gasteiger partial charge < -0.3 is 10.6 Å². The first kappa shape index (κ1) is 12.8. The number of rotatable bonds is 3. The summed E-state index contributed by atoms with van der Waals surface area (Å²) in [4.78, 5) is 2.61. The maximum absolute atomic E-state index is 6.60. The molecule has 2 N–H and O–H groups in total. The number of hydrogen-bond acceptors (Lipinski definition) is 2. The molecule has 4 unspecified atom stereocenters. The lowest BCUT2D eigenvalue weighted by molar-refractivity contribution is 0.116. The zero-order valence-electron chi connectivity index (χ0n) is 12.5. The van der Waals surface area contributed by atoms with E-state index in [2.05, 4.69) is 36.2 Å². The van der Waals surface area contributed by atoms with Crippen LogP contribution in [0.4, 0.5) is 0 Å². The Morgan fingerprint density at radius 2 is 1.90 bits per heavy atom. The van der Waals surface area contributed by atoms with E-state index >= 15 is 0 Å². The van der Waals surface area contributed by atoms with Crippen molar-refractivity contribution in [2.75, 3.05) is 7.05 Å². The monoisotopic (exact) mass is 270 g/mol. The van der Waals surface area contributed by atoms with Gasteiger partial charge in [-0.1, -0.05) is 24.3 Å². The lowest BCUT2D eigenvalue weighted by Crippen LogP contribution is -2.46. The summed E-state index contributed by atoms with van der Waals surface area (Å²) in [6.07, 6.45) is 7.92. The summed E-state index contributed by atoms with van der Waals surface area (Å²) in [7, 11) is 2.31. The summed E-state index contributed by atoms with van der Waals surface area (Å²) in [6, 6.07) is 10.9. The third-order valence-electron chi connectivity index (χ3n) is 6.26.